The van der Waals surface area contributed by atoms with Crippen LogP contribution in [0.1, 0.15) is 0 Å². The maximum absolute atomic E-state index is 4.51. The molecule has 6 heteroatoms. The molecule has 0 saturated heterocycles. The van der Waals surface area contributed by atoms with E-state index in [0.717, 1.165) is 28.0 Å². The zero-order valence-electron chi connectivity index (χ0n) is 11.0. The fourth-order valence-corrected chi connectivity index (χ4v) is 2.19. The molecule has 21 heavy (non-hydrogen) atoms. The summed E-state index contributed by atoms with van der Waals surface area (Å²) in [7, 11) is 0. The SMILES string of the molecule is c1cc(-c2cnn3cc(-c4cnccn4)cnc23)ccn1. The van der Waals surface area contributed by atoms with Gasteiger partial charge in [-0.05, 0) is 17.7 Å². The minimum Gasteiger partial charge on any atom is -0.265 e. The summed E-state index contributed by atoms with van der Waals surface area (Å²) in [6, 6.07) is 3.88. The van der Waals surface area contributed by atoms with E-state index >= 15 is 0 Å². The Morgan fingerprint density at radius 3 is 2.48 bits per heavy atom. The monoisotopic (exact) mass is 274 g/mol. The number of pyridine rings is 1. The van der Waals surface area contributed by atoms with Crippen molar-refractivity contribution in [2.45, 2.75) is 0 Å². The van der Waals surface area contributed by atoms with Crippen molar-refractivity contribution in [1.29, 1.82) is 0 Å². The Hall–Kier alpha value is -3.15. The molecule has 4 rings (SSSR count). The first-order valence-electron chi connectivity index (χ1n) is 6.42. The van der Waals surface area contributed by atoms with Crippen molar-refractivity contribution in [1.82, 2.24) is 29.5 Å². The van der Waals surface area contributed by atoms with Crippen LogP contribution < -0.4 is 0 Å². The van der Waals surface area contributed by atoms with Gasteiger partial charge in [-0.3, -0.25) is 15.0 Å². The van der Waals surface area contributed by atoms with Crippen LogP contribution >= 0.6 is 0 Å². The molecule has 0 saturated carbocycles. The van der Waals surface area contributed by atoms with Crippen molar-refractivity contribution in [2.75, 3.05) is 0 Å². The van der Waals surface area contributed by atoms with Crippen LogP contribution in [0.3, 0.4) is 0 Å². The van der Waals surface area contributed by atoms with E-state index in [9.17, 15) is 0 Å². The van der Waals surface area contributed by atoms with Gasteiger partial charge >= 0.3 is 0 Å². The molecule has 0 radical (unpaired) electrons. The summed E-state index contributed by atoms with van der Waals surface area (Å²) in [4.78, 5) is 16.9. The number of nitrogens with zero attached hydrogens (tertiary/aromatic N) is 6. The van der Waals surface area contributed by atoms with Crippen molar-refractivity contribution >= 4 is 5.65 Å². The Morgan fingerprint density at radius 1 is 0.762 bits per heavy atom. The average Bonchev–Trinajstić information content (AvgIpc) is 2.99. The van der Waals surface area contributed by atoms with Gasteiger partial charge in [-0.1, -0.05) is 0 Å². The largest absolute Gasteiger partial charge is 0.265 e. The predicted molar refractivity (Wildman–Crippen MR) is 77.2 cm³/mol. The zero-order valence-corrected chi connectivity index (χ0v) is 11.0. The maximum Gasteiger partial charge on any atom is 0.162 e. The number of rotatable bonds is 2. The van der Waals surface area contributed by atoms with Crippen LogP contribution in [0.25, 0.3) is 28.0 Å². The third-order valence-corrected chi connectivity index (χ3v) is 3.21. The summed E-state index contributed by atoms with van der Waals surface area (Å²) in [6.07, 6.45) is 14.0. The molecule has 0 N–H and O–H groups in total. The lowest BCUT2D eigenvalue weighted by Gasteiger charge is -2.01. The van der Waals surface area contributed by atoms with Gasteiger partial charge in [0.2, 0.25) is 0 Å². The van der Waals surface area contributed by atoms with Crippen LogP contribution in [0, 0.1) is 0 Å². The quantitative estimate of drug-likeness (QED) is 0.560. The molecule has 0 aliphatic heterocycles. The second-order valence-electron chi connectivity index (χ2n) is 4.50. The minimum atomic E-state index is 0.771. The second-order valence-corrected chi connectivity index (χ2v) is 4.50. The normalized spacial score (nSPS) is 10.9. The van der Waals surface area contributed by atoms with Gasteiger partial charge in [-0.25, -0.2) is 9.50 Å². The van der Waals surface area contributed by atoms with Crippen LogP contribution in [0.2, 0.25) is 0 Å². The molecule has 0 unspecified atom stereocenters. The van der Waals surface area contributed by atoms with E-state index in [1.54, 1.807) is 47.9 Å². The summed E-state index contributed by atoms with van der Waals surface area (Å²) in [5, 5.41) is 4.37. The first-order chi connectivity index (χ1) is 10.4. The molecular formula is C15H10N6. The fourth-order valence-electron chi connectivity index (χ4n) is 2.19. The maximum atomic E-state index is 4.51. The Bertz CT molecular complexity index is 886. The standard InChI is InChI=1S/C15H10N6/c1-3-16-4-2-11(1)13-8-20-21-10-12(7-19-15(13)21)14-9-17-5-6-18-14/h1-10H. The third kappa shape index (κ3) is 2.02. The molecule has 0 bridgehead atoms. The zero-order chi connectivity index (χ0) is 14.1. The highest BCUT2D eigenvalue weighted by Gasteiger charge is 2.09. The number of hydrogen-bond acceptors (Lipinski definition) is 5. The molecule has 0 amide bonds. The summed E-state index contributed by atoms with van der Waals surface area (Å²) in [5.74, 6) is 0. The lowest BCUT2D eigenvalue weighted by Crippen LogP contribution is -1.93. The van der Waals surface area contributed by atoms with Crippen LogP contribution in [0.15, 0.2) is 61.7 Å². The molecule has 0 fully saturated rings. The molecule has 6 nitrogen and oxygen atoms in total. The topological polar surface area (TPSA) is 68.9 Å². The lowest BCUT2D eigenvalue weighted by atomic mass is 10.1. The Kier molecular flexibility index (Phi) is 2.64. The van der Waals surface area contributed by atoms with Crippen molar-refractivity contribution < 1.29 is 0 Å². The molecule has 0 spiro atoms. The average molecular weight is 274 g/mol. The van der Waals surface area contributed by atoms with Crippen molar-refractivity contribution in [3.8, 4) is 22.4 Å². The van der Waals surface area contributed by atoms with Gasteiger partial charge in [-0.2, -0.15) is 5.10 Å². The van der Waals surface area contributed by atoms with E-state index in [4.69, 9.17) is 0 Å². The van der Waals surface area contributed by atoms with E-state index in [1.807, 2.05) is 18.3 Å². The first kappa shape index (κ1) is 11.7. The molecule has 4 heterocycles. The first-order valence-corrected chi connectivity index (χ1v) is 6.42. The molecule has 0 aromatic carbocycles. The number of hydrogen-bond donors (Lipinski definition) is 0. The van der Waals surface area contributed by atoms with Crippen molar-refractivity contribution in [3.63, 3.8) is 0 Å². The highest BCUT2D eigenvalue weighted by Crippen LogP contribution is 2.23. The third-order valence-electron chi connectivity index (χ3n) is 3.21. The Balaban J connectivity index is 1.85. The molecule has 0 aliphatic rings. The van der Waals surface area contributed by atoms with Gasteiger partial charge in [-0.15, -0.1) is 0 Å². The molecule has 100 valence electrons. The van der Waals surface area contributed by atoms with Gasteiger partial charge in [0.15, 0.2) is 5.65 Å². The Labute approximate surface area is 120 Å². The van der Waals surface area contributed by atoms with E-state index < -0.39 is 0 Å². The molecule has 4 aromatic heterocycles. The summed E-state index contributed by atoms with van der Waals surface area (Å²) < 4.78 is 1.75. The van der Waals surface area contributed by atoms with E-state index in [2.05, 4.69) is 25.0 Å². The van der Waals surface area contributed by atoms with Gasteiger partial charge in [0.25, 0.3) is 0 Å². The second kappa shape index (κ2) is 4.75. The number of fused-ring (bicyclic) bond motifs is 1. The van der Waals surface area contributed by atoms with Crippen LogP contribution in [-0.4, -0.2) is 29.5 Å². The molecule has 0 aliphatic carbocycles. The van der Waals surface area contributed by atoms with Crippen molar-refractivity contribution in [3.05, 3.63) is 61.7 Å². The Morgan fingerprint density at radius 2 is 1.67 bits per heavy atom. The molecular weight excluding hydrogens is 264 g/mol. The van der Waals surface area contributed by atoms with Crippen LogP contribution in [0.5, 0.6) is 0 Å². The van der Waals surface area contributed by atoms with E-state index in [1.165, 1.54) is 0 Å². The summed E-state index contributed by atoms with van der Waals surface area (Å²) in [5.41, 5.74) is 4.46. The smallest absolute Gasteiger partial charge is 0.162 e. The molecule has 4 aromatic rings. The van der Waals surface area contributed by atoms with Gasteiger partial charge in [0, 0.05) is 48.3 Å². The predicted octanol–water partition coefficient (Wildman–Crippen LogP) is 2.25. The fraction of sp³-hybridized carbons (Fsp3) is 0. The summed E-state index contributed by atoms with van der Waals surface area (Å²) in [6.45, 7) is 0. The van der Waals surface area contributed by atoms with E-state index in [0.29, 0.717) is 0 Å². The minimum absolute atomic E-state index is 0.771. The van der Waals surface area contributed by atoms with Gasteiger partial charge in [0.05, 0.1) is 18.1 Å². The lowest BCUT2D eigenvalue weighted by molar-refractivity contribution is 0.939. The van der Waals surface area contributed by atoms with Crippen LogP contribution in [-0.2, 0) is 0 Å². The van der Waals surface area contributed by atoms with Gasteiger partial charge in [0.1, 0.15) is 0 Å². The summed E-state index contributed by atoms with van der Waals surface area (Å²) >= 11 is 0. The van der Waals surface area contributed by atoms with Crippen LogP contribution in [0.4, 0.5) is 0 Å². The molecule has 0 atom stereocenters. The number of aromatic nitrogens is 6. The highest BCUT2D eigenvalue weighted by molar-refractivity contribution is 5.77. The van der Waals surface area contributed by atoms with E-state index in [-0.39, 0.29) is 0 Å². The van der Waals surface area contributed by atoms with Gasteiger partial charge < -0.3 is 0 Å². The highest BCUT2D eigenvalue weighted by atomic mass is 15.2. The van der Waals surface area contributed by atoms with Crippen molar-refractivity contribution in [2.24, 2.45) is 0 Å².